The van der Waals surface area contributed by atoms with E-state index < -0.39 is 6.61 Å². The lowest BCUT2D eigenvalue weighted by molar-refractivity contribution is -0.115. The lowest BCUT2D eigenvalue weighted by Crippen LogP contribution is -2.41. The molecule has 154 valence electrons. The number of nitrogens with zero attached hydrogens (tertiary/aromatic N) is 3. The average molecular weight is 402 g/mol. The molecule has 2 N–H and O–H groups in total. The fourth-order valence-corrected chi connectivity index (χ4v) is 4.62. The van der Waals surface area contributed by atoms with E-state index in [-0.39, 0.29) is 23.2 Å². The number of anilines is 1. The van der Waals surface area contributed by atoms with Gasteiger partial charge in [-0.25, -0.2) is 4.98 Å². The van der Waals surface area contributed by atoms with E-state index in [0.29, 0.717) is 23.1 Å². The highest BCUT2D eigenvalue weighted by Gasteiger charge is 2.58. The monoisotopic (exact) mass is 402 g/mol. The van der Waals surface area contributed by atoms with Gasteiger partial charge < -0.3 is 15.2 Å². The van der Waals surface area contributed by atoms with Crippen molar-refractivity contribution in [2.75, 3.05) is 12.3 Å². The molecule has 2 aromatic heterocycles. The second kappa shape index (κ2) is 6.52. The molecule has 4 atom stereocenters. The molecule has 0 aromatic carbocycles. The standard InChI is InChI=1S/C21H24F2N4O2/c1-3-11(2)27-16(18-13-8-21(4-5-28-21)9-14(13)18)7-15(26-27)12-6-17(29-20(22)23)19(24)25-10-12/h6-8,10-11,14,18,20H,3-5,9H2,1-2H3,(H2,24,25). The SMILES string of the molecule is CCC(C)n1nc(-c2cnc(N)c(OC(F)F)c2)cc1C1C2=CC3(CCO3)CC21. The van der Waals surface area contributed by atoms with Crippen LogP contribution in [-0.2, 0) is 4.74 Å². The first-order valence-electron chi connectivity index (χ1n) is 10.1. The van der Waals surface area contributed by atoms with Crippen LogP contribution < -0.4 is 10.5 Å². The molecule has 1 aliphatic heterocycles. The summed E-state index contributed by atoms with van der Waals surface area (Å²) in [5.74, 6) is 0.680. The third-order valence-electron chi connectivity index (χ3n) is 6.48. The number of ether oxygens (including phenoxy) is 2. The molecule has 0 amide bonds. The van der Waals surface area contributed by atoms with E-state index in [2.05, 4.69) is 34.3 Å². The molecule has 0 bridgehead atoms. The van der Waals surface area contributed by atoms with Gasteiger partial charge in [0.05, 0.1) is 17.9 Å². The highest BCUT2D eigenvalue weighted by atomic mass is 19.3. The fourth-order valence-electron chi connectivity index (χ4n) is 4.62. The molecule has 8 heteroatoms. The van der Waals surface area contributed by atoms with Crippen molar-refractivity contribution < 1.29 is 18.3 Å². The van der Waals surface area contributed by atoms with Crippen LogP contribution in [0, 0.1) is 5.92 Å². The van der Waals surface area contributed by atoms with Gasteiger partial charge in [0, 0.05) is 35.8 Å². The van der Waals surface area contributed by atoms with Gasteiger partial charge >= 0.3 is 6.61 Å². The van der Waals surface area contributed by atoms with Crippen LogP contribution in [0.25, 0.3) is 11.3 Å². The molecule has 2 aromatic rings. The van der Waals surface area contributed by atoms with Crippen molar-refractivity contribution in [2.45, 2.75) is 57.3 Å². The minimum Gasteiger partial charge on any atom is -0.431 e. The van der Waals surface area contributed by atoms with Crippen molar-refractivity contribution in [3.8, 4) is 17.0 Å². The molecule has 2 aliphatic carbocycles. The van der Waals surface area contributed by atoms with Crippen molar-refractivity contribution in [2.24, 2.45) is 5.92 Å². The first-order chi connectivity index (χ1) is 13.9. The Morgan fingerprint density at radius 1 is 1.41 bits per heavy atom. The maximum Gasteiger partial charge on any atom is 0.387 e. The number of alkyl halides is 2. The maximum atomic E-state index is 12.7. The second-order valence-electron chi connectivity index (χ2n) is 8.24. The highest BCUT2D eigenvalue weighted by molar-refractivity contribution is 5.65. The largest absolute Gasteiger partial charge is 0.431 e. The summed E-state index contributed by atoms with van der Waals surface area (Å²) >= 11 is 0. The molecule has 5 rings (SSSR count). The fraction of sp³-hybridized carbons (Fsp3) is 0.524. The van der Waals surface area contributed by atoms with Crippen LogP contribution in [0.2, 0.25) is 0 Å². The summed E-state index contributed by atoms with van der Waals surface area (Å²) in [6.07, 6.45) is 6.96. The summed E-state index contributed by atoms with van der Waals surface area (Å²) in [6, 6.07) is 3.75. The van der Waals surface area contributed by atoms with Crippen LogP contribution in [0.5, 0.6) is 5.75 Å². The van der Waals surface area contributed by atoms with Crippen molar-refractivity contribution in [1.29, 1.82) is 0 Å². The van der Waals surface area contributed by atoms with Crippen LogP contribution in [0.1, 0.15) is 50.8 Å². The number of fused-ring (bicyclic) bond motifs is 1. The summed E-state index contributed by atoms with van der Waals surface area (Å²) in [5.41, 5.74) is 9.56. The Bertz CT molecular complexity index is 983. The van der Waals surface area contributed by atoms with Gasteiger partial charge in [-0.3, -0.25) is 4.68 Å². The van der Waals surface area contributed by atoms with E-state index in [9.17, 15) is 8.78 Å². The Morgan fingerprint density at radius 3 is 2.79 bits per heavy atom. The summed E-state index contributed by atoms with van der Waals surface area (Å²) < 4.78 is 37.7. The first-order valence-corrected chi connectivity index (χ1v) is 10.1. The Hall–Kier alpha value is -2.48. The van der Waals surface area contributed by atoms with Crippen LogP contribution in [0.3, 0.4) is 0 Å². The van der Waals surface area contributed by atoms with E-state index in [1.54, 1.807) is 6.20 Å². The van der Waals surface area contributed by atoms with Gasteiger partial charge in [-0.05, 0) is 37.8 Å². The van der Waals surface area contributed by atoms with Crippen LogP contribution in [-0.4, -0.2) is 33.6 Å². The van der Waals surface area contributed by atoms with Gasteiger partial charge in [0.25, 0.3) is 0 Å². The molecule has 2 fully saturated rings. The average Bonchev–Trinajstić information content (AvgIpc) is 3.03. The molecular formula is C21H24F2N4O2. The van der Waals surface area contributed by atoms with Gasteiger partial charge in [0.15, 0.2) is 11.6 Å². The van der Waals surface area contributed by atoms with Crippen molar-refractivity contribution in [1.82, 2.24) is 14.8 Å². The lowest BCUT2D eigenvalue weighted by atomic mass is 9.89. The highest BCUT2D eigenvalue weighted by Crippen LogP contribution is 2.65. The van der Waals surface area contributed by atoms with Crippen molar-refractivity contribution >= 4 is 5.82 Å². The number of hydrogen-bond donors (Lipinski definition) is 1. The van der Waals surface area contributed by atoms with Crippen LogP contribution in [0.4, 0.5) is 14.6 Å². The normalized spacial score (nSPS) is 28.2. The number of hydrogen-bond acceptors (Lipinski definition) is 5. The molecule has 29 heavy (non-hydrogen) atoms. The predicted molar refractivity (Wildman–Crippen MR) is 104 cm³/mol. The molecule has 4 unspecified atom stereocenters. The number of rotatable bonds is 6. The third kappa shape index (κ3) is 3.01. The first kappa shape index (κ1) is 18.5. The van der Waals surface area contributed by atoms with Gasteiger partial charge in [0.1, 0.15) is 0 Å². The minimum absolute atomic E-state index is 0.0110. The summed E-state index contributed by atoms with van der Waals surface area (Å²) in [6.45, 7) is 2.15. The van der Waals surface area contributed by atoms with E-state index >= 15 is 0 Å². The zero-order chi connectivity index (χ0) is 20.3. The van der Waals surface area contributed by atoms with E-state index in [1.165, 1.54) is 11.6 Å². The van der Waals surface area contributed by atoms with Crippen LogP contribution >= 0.6 is 0 Å². The number of nitrogens with two attached hydrogens (primary N) is 1. The Balaban J connectivity index is 1.49. The molecule has 6 nitrogen and oxygen atoms in total. The number of halogens is 2. The van der Waals surface area contributed by atoms with Gasteiger partial charge in [-0.15, -0.1) is 0 Å². The topological polar surface area (TPSA) is 75.2 Å². The molecule has 1 saturated carbocycles. The van der Waals surface area contributed by atoms with Gasteiger partial charge in [-0.2, -0.15) is 13.9 Å². The smallest absolute Gasteiger partial charge is 0.387 e. The van der Waals surface area contributed by atoms with Crippen LogP contribution in [0.15, 0.2) is 30.0 Å². The Kier molecular flexibility index (Phi) is 4.17. The molecular weight excluding hydrogens is 378 g/mol. The quantitative estimate of drug-likeness (QED) is 0.729. The number of aromatic nitrogens is 3. The molecule has 0 radical (unpaired) electrons. The van der Waals surface area contributed by atoms with E-state index in [4.69, 9.17) is 15.6 Å². The second-order valence-corrected chi connectivity index (χ2v) is 8.24. The maximum absolute atomic E-state index is 12.7. The van der Waals surface area contributed by atoms with Gasteiger partial charge in [-0.1, -0.05) is 18.6 Å². The van der Waals surface area contributed by atoms with E-state index in [0.717, 1.165) is 31.6 Å². The Morgan fingerprint density at radius 2 is 2.21 bits per heavy atom. The summed E-state index contributed by atoms with van der Waals surface area (Å²) in [5, 5.41) is 4.79. The summed E-state index contributed by atoms with van der Waals surface area (Å²) in [4.78, 5) is 4.01. The zero-order valence-corrected chi connectivity index (χ0v) is 16.4. The lowest BCUT2D eigenvalue weighted by Gasteiger charge is -2.38. The summed E-state index contributed by atoms with van der Waals surface area (Å²) in [7, 11) is 0. The molecule has 1 spiro atoms. The minimum atomic E-state index is -2.96. The molecule has 3 heterocycles. The van der Waals surface area contributed by atoms with Crippen molar-refractivity contribution in [3.63, 3.8) is 0 Å². The molecule has 1 saturated heterocycles. The number of nitrogen functional groups attached to an aromatic ring is 1. The van der Waals surface area contributed by atoms with Gasteiger partial charge in [0.2, 0.25) is 0 Å². The molecule has 3 aliphatic rings. The zero-order valence-electron chi connectivity index (χ0n) is 16.4. The van der Waals surface area contributed by atoms with Crippen molar-refractivity contribution in [3.05, 3.63) is 35.7 Å². The predicted octanol–water partition coefficient (Wildman–Crippen LogP) is 4.30. The number of pyridine rings is 1. The van der Waals surface area contributed by atoms with E-state index in [1.807, 2.05) is 6.07 Å². The third-order valence-corrected chi connectivity index (χ3v) is 6.48. The number of allylic oxidation sites excluding steroid dienone is 1. The Labute approximate surface area is 167 Å².